The Balaban J connectivity index is 1.91. The van der Waals surface area contributed by atoms with Gasteiger partial charge in [-0.15, -0.1) is 0 Å². The van der Waals surface area contributed by atoms with Crippen LogP contribution in [-0.4, -0.2) is 38.3 Å². The Morgan fingerprint density at radius 3 is 2.10 bits per heavy atom. The third kappa shape index (κ3) is 8.73. The summed E-state index contributed by atoms with van der Waals surface area (Å²) in [5.74, 6) is -0.829. The van der Waals surface area contributed by atoms with Crippen LogP contribution < -0.4 is 0 Å². The Morgan fingerprint density at radius 1 is 0.976 bits per heavy atom. The summed E-state index contributed by atoms with van der Waals surface area (Å²) in [7, 11) is -1.93. The van der Waals surface area contributed by atoms with Gasteiger partial charge in [-0.05, 0) is 42.1 Å². The summed E-state index contributed by atoms with van der Waals surface area (Å²) in [5.41, 5.74) is 0.249. The summed E-state index contributed by atoms with van der Waals surface area (Å²) >= 11 is 0. The van der Waals surface area contributed by atoms with E-state index in [0.29, 0.717) is 31.8 Å². The fourth-order valence-electron chi connectivity index (χ4n) is 4.44. The van der Waals surface area contributed by atoms with E-state index in [1.807, 2.05) is 81.4 Å². The van der Waals surface area contributed by atoms with Crippen LogP contribution in [0.5, 0.6) is 0 Å². The van der Waals surface area contributed by atoms with E-state index in [1.54, 1.807) is 6.08 Å². The molecule has 0 fully saturated rings. The molecular weight excluding hydrogens is 530 g/mol. The van der Waals surface area contributed by atoms with Crippen LogP contribution in [0.3, 0.4) is 0 Å². The summed E-state index contributed by atoms with van der Waals surface area (Å²) in [6.07, 6.45) is 4.90. The van der Waals surface area contributed by atoms with Gasteiger partial charge in [-0.3, -0.25) is 0 Å². The zero-order valence-electron chi connectivity index (χ0n) is 26.0. The second-order valence-corrected chi connectivity index (χ2v) is 18.3. The van der Waals surface area contributed by atoms with Crippen molar-refractivity contribution in [3.8, 4) is 0 Å². The van der Waals surface area contributed by atoms with E-state index in [-0.39, 0.29) is 17.6 Å². The Morgan fingerprint density at radius 2 is 1.56 bits per heavy atom. The van der Waals surface area contributed by atoms with E-state index in [2.05, 4.69) is 33.9 Å². The summed E-state index contributed by atoms with van der Waals surface area (Å²) in [5, 5.41) is 0.102. The smallest absolute Gasteiger partial charge is 0.341 e. The van der Waals surface area contributed by atoms with Gasteiger partial charge >= 0.3 is 11.9 Å². The van der Waals surface area contributed by atoms with Crippen molar-refractivity contribution < 1.29 is 23.5 Å². The molecule has 0 amide bonds. The van der Waals surface area contributed by atoms with Crippen molar-refractivity contribution in [3.63, 3.8) is 0 Å². The summed E-state index contributed by atoms with van der Waals surface area (Å²) in [4.78, 5) is 31.6. The van der Waals surface area contributed by atoms with E-state index >= 15 is 0 Å². The molecule has 0 spiro atoms. The van der Waals surface area contributed by atoms with Crippen molar-refractivity contribution in [1.82, 2.24) is 0 Å². The normalized spacial score (nSPS) is 18.7. The molecule has 2 aromatic carbocycles. The van der Waals surface area contributed by atoms with Gasteiger partial charge in [0.25, 0.3) is 0 Å². The topological polar surface area (TPSA) is 74.2 Å². The van der Waals surface area contributed by atoms with Gasteiger partial charge in [-0.25, -0.2) is 14.6 Å². The number of rotatable bonds is 12. The molecule has 0 aromatic heterocycles. The largest absolute Gasteiger partial charge is 0.458 e. The number of carbonyl (C=O) groups is 2. The Kier molecular flexibility index (Phi) is 10.5. The van der Waals surface area contributed by atoms with Gasteiger partial charge < -0.3 is 13.9 Å². The van der Waals surface area contributed by atoms with Crippen LogP contribution in [0, 0.1) is 11.3 Å². The fraction of sp³-hybridized carbons (Fsp3) is 0.500. The van der Waals surface area contributed by atoms with Crippen LogP contribution in [0.15, 0.2) is 77.8 Å². The molecule has 41 heavy (non-hydrogen) atoms. The standard InChI is InChI=1S/C34H47NO5Si/c1-32(2,3)30-35-34(31(37)40-30,24-26-16-11-9-12-17-26)28(20-15-23-39-41(7,8)33(4,5)6)21-22-29(36)38-25-27-18-13-10-14-19-27/h9-14,16-19,21-22,28H,15,20,23-25H2,1-8H3/b22-21+. The van der Waals surface area contributed by atoms with Gasteiger partial charge in [0.15, 0.2) is 19.8 Å². The average molecular weight is 578 g/mol. The van der Waals surface area contributed by atoms with Crippen molar-refractivity contribution in [3.05, 3.63) is 83.9 Å². The van der Waals surface area contributed by atoms with E-state index < -0.39 is 31.2 Å². The van der Waals surface area contributed by atoms with Crippen LogP contribution in [0.2, 0.25) is 18.1 Å². The monoisotopic (exact) mass is 577 g/mol. The first-order valence-electron chi connectivity index (χ1n) is 14.5. The third-order valence-corrected chi connectivity index (χ3v) is 12.6. The first-order chi connectivity index (χ1) is 19.1. The molecule has 1 aliphatic rings. The molecule has 1 aliphatic heterocycles. The van der Waals surface area contributed by atoms with E-state index in [0.717, 1.165) is 11.1 Å². The lowest BCUT2D eigenvalue weighted by molar-refractivity contribution is -0.141. The zero-order valence-corrected chi connectivity index (χ0v) is 27.0. The first kappa shape index (κ1) is 32.5. The molecule has 0 aliphatic carbocycles. The number of hydrogen-bond donors (Lipinski definition) is 0. The quantitative estimate of drug-likeness (QED) is 0.112. The highest BCUT2D eigenvalue weighted by Gasteiger charge is 2.52. The highest BCUT2D eigenvalue weighted by molar-refractivity contribution is 6.74. The maximum atomic E-state index is 13.8. The SMILES string of the molecule is CC(C)(C)C1=NC(Cc2ccccc2)(C(/C=C/C(=O)OCc2ccccc2)CCCO[Si](C)(C)C(C)(C)C)C(=O)O1. The molecule has 2 aromatic rings. The summed E-state index contributed by atoms with van der Waals surface area (Å²) < 4.78 is 17.8. The molecule has 3 rings (SSSR count). The molecule has 2 unspecified atom stereocenters. The van der Waals surface area contributed by atoms with Gasteiger partial charge in [0.2, 0.25) is 0 Å². The highest BCUT2D eigenvalue weighted by atomic mass is 28.4. The van der Waals surface area contributed by atoms with Crippen LogP contribution >= 0.6 is 0 Å². The highest BCUT2D eigenvalue weighted by Crippen LogP contribution is 2.40. The number of hydrogen-bond acceptors (Lipinski definition) is 6. The third-order valence-electron chi connectivity index (χ3n) is 8.03. The number of nitrogens with zero attached hydrogens (tertiary/aromatic N) is 1. The van der Waals surface area contributed by atoms with Crippen LogP contribution in [0.4, 0.5) is 0 Å². The Hall–Kier alpha value is -3.03. The van der Waals surface area contributed by atoms with Gasteiger partial charge in [0, 0.05) is 30.4 Å². The zero-order chi connectivity index (χ0) is 30.3. The maximum Gasteiger partial charge on any atom is 0.341 e. The molecule has 222 valence electrons. The molecule has 0 saturated heterocycles. The number of carbonyl (C=O) groups excluding carboxylic acids is 2. The summed E-state index contributed by atoms with van der Waals surface area (Å²) in [6.45, 7) is 17.8. The number of esters is 2. The minimum atomic E-state index is -1.93. The fourth-order valence-corrected chi connectivity index (χ4v) is 5.53. The second kappa shape index (κ2) is 13.3. The lowest BCUT2D eigenvalue weighted by atomic mass is 9.77. The number of benzene rings is 2. The van der Waals surface area contributed by atoms with Gasteiger partial charge in [-0.1, -0.05) is 108 Å². The number of cyclic esters (lactones) is 1. The molecule has 7 heteroatoms. The summed E-state index contributed by atoms with van der Waals surface area (Å²) in [6, 6.07) is 19.4. The number of ether oxygens (including phenoxy) is 2. The van der Waals surface area contributed by atoms with Crippen molar-refractivity contribution >= 4 is 26.2 Å². The van der Waals surface area contributed by atoms with Crippen molar-refractivity contribution in [1.29, 1.82) is 0 Å². The Labute approximate surface area is 247 Å². The molecule has 0 radical (unpaired) electrons. The predicted octanol–water partition coefficient (Wildman–Crippen LogP) is 7.69. The van der Waals surface area contributed by atoms with Crippen LogP contribution in [0.25, 0.3) is 0 Å². The van der Waals surface area contributed by atoms with Gasteiger partial charge in [-0.2, -0.15) is 0 Å². The Bertz CT molecular complexity index is 1230. The average Bonchev–Trinajstić information content (AvgIpc) is 3.24. The lowest BCUT2D eigenvalue weighted by Crippen LogP contribution is -2.44. The van der Waals surface area contributed by atoms with Gasteiger partial charge in [0.1, 0.15) is 6.61 Å². The van der Waals surface area contributed by atoms with Crippen molar-refractivity contribution in [2.45, 2.75) is 91.1 Å². The van der Waals surface area contributed by atoms with E-state index in [9.17, 15) is 9.59 Å². The molecular formula is C34H47NO5Si. The van der Waals surface area contributed by atoms with E-state index in [4.69, 9.17) is 18.9 Å². The lowest BCUT2D eigenvalue weighted by Gasteiger charge is -2.36. The van der Waals surface area contributed by atoms with Crippen LogP contribution in [0.1, 0.15) is 65.5 Å². The molecule has 1 heterocycles. The van der Waals surface area contributed by atoms with Crippen LogP contribution in [-0.2, 0) is 36.5 Å². The maximum absolute atomic E-state index is 13.8. The van der Waals surface area contributed by atoms with Gasteiger partial charge in [0.05, 0.1) is 0 Å². The molecule has 6 nitrogen and oxygen atoms in total. The minimum absolute atomic E-state index is 0.102. The first-order valence-corrected chi connectivity index (χ1v) is 17.4. The van der Waals surface area contributed by atoms with Crippen molar-refractivity contribution in [2.75, 3.05) is 6.61 Å². The molecule has 0 bridgehead atoms. The second-order valence-electron chi connectivity index (χ2n) is 13.5. The minimum Gasteiger partial charge on any atom is -0.458 e. The molecule has 0 N–H and O–H groups in total. The molecule has 0 saturated carbocycles. The number of aliphatic imine (C=N–C) groups is 1. The molecule has 2 atom stereocenters. The van der Waals surface area contributed by atoms with Crippen molar-refractivity contribution in [2.24, 2.45) is 16.3 Å². The predicted molar refractivity (Wildman–Crippen MR) is 167 cm³/mol. The van der Waals surface area contributed by atoms with E-state index in [1.165, 1.54) is 6.08 Å².